The van der Waals surface area contributed by atoms with Gasteiger partial charge in [0.1, 0.15) is 17.2 Å². The van der Waals surface area contributed by atoms with Crippen molar-refractivity contribution in [2.45, 2.75) is 19.9 Å². The molecule has 2 aromatic carbocycles. The maximum Gasteiger partial charge on any atom is 0.350 e. The Morgan fingerprint density at radius 3 is 2.47 bits per heavy atom. The van der Waals surface area contributed by atoms with Gasteiger partial charge in [-0.05, 0) is 19.4 Å². The Kier molecular flexibility index (Phi) is 6.43. The molecule has 1 aliphatic heterocycles. The fraction of sp³-hybridized carbons (Fsp3) is 0.154. The van der Waals surface area contributed by atoms with E-state index in [0.717, 1.165) is 16.9 Å². The molecule has 8 heteroatoms. The summed E-state index contributed by atoms with van der Waals surface area (Å²) >= 11 is 0.961. The van der Waals surface area contributed by atoms with Gasteiger partial charge in [0.25, 0.3) is 5.78 Å². The number of aromatic nitrogens is 1. The molecule has 0 radical (unpaired) electrons. The van der Waals surface area contributed by atoms with Crippen molar-refractivity contribution in [3.05, 3.63) is 100 Å². The Morgan fingerprint density at radius 1 is 1.15 bits per heavy atom. The van der Waals surface area contributed by atoms with Crippen molar-refractivity contribution < 1.29 is 24.2 Å². The van der Waals surface area contributed by atoms with Crippen LogP contribution >= 0.6 is 11.3 Å². The molecule has 1 aliphatic rings. The third-order valence-electron chi connectivity index (χ3n) is 5.39. The SMILES string of the molecule is C=CCOC(=O)c1sc(N2C(=O)C(=O)C(=C(O)c3ccccc3)[C@@H]2c2ccc(C)cc2)nc1C. The summed E-state index contributed by atoms with van der Waals surface area (Å²) in [5.74, 6) is -2.52. The molecule has 3 aromatic rings. The quantitative estimate of drug-likeness (QED) is 0.182. The molecule has 0 aliphatic carbocycles. The minimum Gasteiger partial charge on any atom is -0.507 e. The smallest absolute Gasteiger partial charge is 0.350 e. The van der Waals surface area contributed by atoms with Crippen LogP contribution in [0.15, 0.2) is 72.8 Å². The summed E-state index contributed by atoms with van der Waals surface area (Å²) in [6.07, 6.45) is 1.45. The maximum absolute atomic E-state index is 13.2. The van der Waals surface area contributed by atoms with Crippen LogP contribution in [0, 0.1) is 13.8 Å². The first kappa shape index (κ1) is 23.1. The zero-order valence-corrected chi connectivity index (χ0v) is 19.5. The van der Waals surface area contributed by atoms with Gasteiger partial charge >= 0.3 is 11.9 Å². The van der Waals surface area contributed by atoms with Crippen LogP contribution in [-0.4, -0.2) is 34.4 Å². The van der Waals surface area contributed by atoms with E-state index in [4.69, 9.17) is 4.74 Å². The molecule has 0 bridgehead atoms. The van der Waals surface area contributed by atoms with Gasteiger partial charge in [-0.1, -0.05) is 84.2 Å². The highest BCUT2D eigenvalue weighted by Crippen LogP contribution is 2.43. The number of thiazole rings is 1. The van der Waals surface area contributed by atoms with Gasteiger partial charge < -0.3 is 9.84 Å². The lowest BCUT2D eigenvalue weighted by Crippen LogP contribution is -2.29. The number of rotatable bonds is 6. The van der Waals surface area contributed by atoms with Crippen molar-refractivity contribution in [3.8, 4) is 0 Å². The zero-order valence-electron chi connectivity index (χ0n) is 18.6. The first-order valence-electron chi connectivity index (χ1n) is 10.5. The summed E-state index contributed by atoms with van der Waals surface area (Å²) in [6.45, 7) is 7.12. The molecule has 172 valence electrons. The Hall–Kier alpha value is -4.04. The minimum atomic E-state index is -0.914. The third kappa shape index (κ3) is 4.15. The number of carbonyl (C=O) groups is 3. The average Bonchev–Trinajstić information content (AvgIpc) is 3.35. The lowest BCUT2D eigenvalue weighted by molar-refractivity contribution is -0.132. The Balaban J connectivity index is 1.88. The number of hydrogen-bond acceptors (Lipinski definition) is 7. The van der Waals surface area contributed by atoms with Gasteiger partial charge in [-0.2, -0.15) is 0 Å². The fourth-order valence-corrected chi connectivity index (χ4v) is 4.71. The Labute approximate surface area is 200 Å². The molecule has 1 saturated heterocycles. The number of ether oxygens (including phenoxy) is 1. The van der Waals surface area contributed by atoms with E-state index in [1.54, 1.807) is 49.4 Å². The van der Waals surface area contributed by atoms with Gasteiger partial charge in [-0.3, -0.25) is 14.5 Å². The lowest BCUT2D eigenvalue weighted by atomic mass is 9.95. The predicted molar refractivity (Wildman–Crippen MR) is 130 cm³/mol. The predicted octanol–water partition coefficient (Wildman–Crippen LogP) is 4.73. The largest absolute Gasteiger partial charge is 0.507 e. The third-order valence-corrected chi connectivity index (χ3v) is 6.53. The highest BCUT2D eigenvalue weighted by Gasteiger charge is 2.48. The number of amides is 1. The number of esters is 1. The van der Waals surface area contributed by atoms with E-state index in [1.807, 2.05) is 19.1 Å². The number of aryl methyl sites for hydroxylation is 2. The van der Waals surface area contributed by atoms with Gasteiger partial charge in [0.05, 0.1) is 17.3 Å². The molecule has 1 N–H and O–H groups in total. The van der Waals surface area contributed by atoms with Crippen molar-refractivity contribution in [2.75, 3.05) is 11.5 Å². The number of aliphatic hydroxyl groups is 1. The molecule has 1 atom stereocenters. The van der Waals surface area contributed by atoms with Gasteiger partial charge in [0, 0.05) is 5.56 Å². The van der Waals surface area contributed by atoms with Crippen LogP contribution in [0.1, 0.15) is 38.1 Å². The number of Topliss-reactive ketones (excluding diaryl/α,β-unsaturated/α-hetero) is 1. The average molecular weight is 475 g/mol. The molecule has 7 nitrogen and oxygen atoms in total. The van der Waals surface area contributed by atoms with Gasteiger partial charge in [-0.25, -0.2) is 9.78 Å². The van der Waals surface area contributed by atoms with E-state index >= 15 is 0 Å². The van der Waals surface area contributed by atoms with Crippen LogP contribution in [0.4, 0.5) is 5.13 Å². The maximum atomic E-state index is 13.2. The highest BCUT2D eigenvalue weighted by molar-refractivity contribution is 7.17. The molecule has 34 heavy (non-hydrogen) atoms. The van der Waals surface area contributed by atoms with Crippen molar-refractivity contribution in [2.24, 2.45) is 0 Å². The lowest BCUT2D eigenvalue weighted by Gasteiger charge is -2.23. The van der Waals surface area contributed by atoms with Crippen LogP contribution in [0.25, 0.3) is 5.76 Å². The number of carbonyl (C=O) groups excluding carboxylic acids is 3. The second-order valence-electron chi connectivity index (χ2n) is 7.74. The zero-order chi connectivity index (χ0) is 24.4. The van der Waals surface area contributed by atoms with Crippen LogP contribution in [-0.2, 0) is 14.3 Å². The van der Waals surface area contributed by atoms with E-state index in [0.29, 0.717) is 16.8 Å². The van der Waals surface area contributed by atoms with Crippen LogP contribution in [0.3, 0.4) is 0 Å². The van der Waals surface area contributed by atoms with Crippen LogP contribution in [0.2, 0.25) is 0 Å². The molecule has 1 fully saturated rings. The molecule has 2 heterocycles. The summed E-state index contributed by atoms with van der Waals surface area (Å²) in [7, 11) is 0. The van der Waals surface area contributed by atoms with E-state index in [-0.39, 0.29) is 27.9 Å². The second kappa shape index (κ2) is 9.44. The molecular formula is C26H22N2O5S. The molecule has 4 rings (SSSR count). The van der Waals surface area contributed by atoms with E-state index in [2.05, 4.69) is 11.6 Å². The van der Waals surface area contributed by atoms with Crippen LogP contribution < -0.4 is 4.90 Å². The first-order valence-corrected chi connectivity index (χ1v) is 11.3. The molecule has 0 saturated carbocycles. The van der Waals surface area contributed by atoms with E-state index < -0.39 is 23.7 Å². The minimum absolute atomic E-state index is 0.0382. The summed E-state index contributed by atoms with van der Waals surface area (Å²) in [5.41, 5.74) is 2.39. The van der Waals surface area contributed by atoms with Crippen LogP contribution in [0.5, 0.6) is 0 Å². The number of ketones is 1. The summed E-state index contributed by atoms with van der Waals surface area (Å²) in [5, 5.41) is 11.3. The van der Waals surface area contributed by atoms with E-state index in [9.17, 15) is 19.5 Å². The number of aliphatic hydroxyl groups excluding tert-OH is 1. The first-order chi connectivity index (χ1) is 16.3. The normalized spacial score (nSPS) is 17.1. The fourth-order valence-electron chi connectivity index (χ4n) is 3.72. The van der Waals surface area contributed by atoms with Crippen molar-refractivity contribution in [1.82, 2.24) is 4.98 Å². The molecular weight excluding hydrogens is 452 g/mol. The standard InChI is InChI=1S/C26H22N2O5S/c1-4-14-33-25(32)23-16(3)27-26(34-23)28-20(17-12-10-15(2)11-13-17)19(22(30)24(28)31)21(29)18-8-6-5-7-9-18/h4-13,20,29H,1,14H2,2-3H3/t20-/m0/s1. The second-order valence-corrected chi connectivity index (χ2v) is 8.72. The van der Waals surface area contributed by atoms with Crippen molar-refractivity contribution in [3.63, 3.8) is 0 Å². The molecule has 0 unspecified atom stereocenters. The summed E-state index contributed by atoms with van der Waals surface area (Å²) in [6, 6.07) is 15.0. The van der Waals surface area contributed by atoms with Crippen molar-refractivity contribution >= 4 is 39.9 Å². The Morgan fingerprint density at radius 2 is 1.82 bits per heavy atom. The number of nitrogens with zero attached hydrogens (tertiary/aromatic N) is 2. The topological polar surface area (TPSA) is 96.8 Å². The van der Waals surface area contributed by atoms with Gasteiger partial charge in [0.15, 0.2) is 5.13 Å². The monoisotopic (exact) mass is 474 g/mol. The summed E-state index contributed by atoms with van der Waals surface area (Å²) < 4.78 is 5.12. The van der Waals surface area contributed by atoms with E-state index in [1.165, 1.54) is 11.0 Å². The number of anilines is 1. The molecule has 1 aromatic heterocycles. The van der Waals surface area contributed by atoms with Gasteiger partial charge in [0.2, 0.25) is 0 Å². The Bertz CT molecular complexity index is 1310. The number of hydrogen-bond donors (Lipinski definition) is 1. The number of benzene rings is 2. The highest BCUT2D eigenvalue weighted by atomic mass is 32.1. The molecule has 0 spiro atoms. The van der Waals surface area contributed by atoms with Crippen molar-refractivity contribution in [1.29, 1.82) is 0 Å². The van der Waals surface area contributed by atoms with Gasteiger partial charge in [-0.15, -0.1) is 0 Å². The molecule has 1 amide bonds. The summed E-state index contributed by atoms with van der Waals surface area (Å²) in [4.78, 5) is 44.7.